The Kier molecular flexibility index (Phi) is 4.57. The van der Waals surface area contributed by atoms with Crippen LogP contribution >= 0.6 is 0 Å². The summed E-state index contributed by atoms with van der Waals surface area (Å²) in [5, 5.41) is 11.5. The number of fused-ring (bicyclic) bond motifs is 1. The molecule has 2 aromatic rings. The number of ether oxygens (including phenoxy) is 2. The first-order valence-corrected chi connectivity index (χ1v) is 7.64. The van der Waals surface area contributed by atoms with Crippen LogP contribution in [0, 0.1) is 0 Å². The molecule has 0 aliphatic carbocycles. The van der Waals surface area contributed by atoms with Gasteiger partial charge in [-0.05, 0) is 30.5 Å². The minimum Gasteiger partial charge on any atom is -0.495 e. The zero-order valence-corrected chi connectivity index (χ0v) is 12.7. The first-order chi connectivity index (χ1) is 10.7. The molecule has 118 valence electrons. The molecule has 3 N–H and O–H groups in total. The number of hydrogen-bond acceptors (Lipinski definition) is 5. The molecule has 22 heavy (non-hydrogen) atoms. The molecule has 0 amide bonds. The van der Waals surface area contributed by atoms with E-state index >= 15 is 0 Å². The molecule has 0 spiro atoms. The third kappa shape index (κ3) is 3.21. The summed E-state index contributed by atoms with van der Waals surface area (Å²) in [5.41, 5.74) is 7.78. The van der Waals surface area contributed by atoms with Crippen LogP contribution in [0.2, 0.25) is 0 Å². The quantitative estimate of drug-likeness (QED) is 0.898. The maximum Gasteiger partial charge on any atom is 0.137 e. The van der Waals surface area contributed by atoms with Gasteiger partial charge in [0.15, 0.2) is 0 Å². The molecule has 1 saturated heterocycles. The van der Waals surface area contributed by atoms with E-state index < -0.39 is 6.10 Å². The highest BCUT2D eigenvalue weighted by molar-refractivity contribution is 5.83. The van der Waals surface area contributed by atoms with Crippen LogP contribution in [0.25, 0.3) is 10.9 Å². The van der Waals surface area contributed by atoms with E-state index in [0.29, 0.717) is 18.8 Å². The van der Waals surface area contributed by atoms with E-state index in [4.69, 9.17) is 15.2 Å². The normalized spacial score (nSPS) is 23.4. The fourth-order valence-corrected chi connectivity index (χ4v) is 2.93. The van der Waals surface area contributed by atoms with Crippen molar-refractivity contribution in [3.8, 4) is 5.75 Å². The van der Waals surface area contributed by atoms with Gasteiger partial charge in [0.05, 0.1) is 37.6 Å². The molecule has 0 bridgehead atoms. The molecule has 1 aromatic heterocycles. The first kappa shape index (κ1) is 15.2. The standard InChI is InChI=1S/C17H22N2O3/c1-21-13-8-14-11(3-2-4-15(14)19-9-13)7-16(20)17-6-5-12(18)10-22-17/h2-4,8-9,12,16-17,20H,5-7,10,18H2,1H3/t12-,16?,17+/m1/s1. The van der Waals surface area contributed by atoms with E-state index in [0.717, 1.165) is 29.3 Å². The van der Waals surface area contributed by atoms with Crippen molar-refractivity contribution in [1.82, 2.24) is 4.98 Å². The lowest BCUT2D eigenvalue weighted by Crippen LogP contribution is -2.41. The average Bonchev–Trinajstić information content (AvgIpc) is 2.55. The summed E-state index contributed by atoms with van der Waals surface area (Å²) < 4.78 is 10.9. The minimum absolute atomic E-state index is 0.0921. The number of aliphatic hydroxyl groups is 1. The molecular formula is C17H22N2O3. The highest BCUT2D eigenvalue weighted by Crippen LogP contribution is 2.25. The van der Waals surface area contributed by atoms with E-state index in [2.05, 4.69) is 4.98 Å². The molecular weight excluding hydrogens is 280 g/mol. The van der Waals surface area contributed by atoms with Crippen LogP contribution in [0.15, 0.2) is 30.5 Å². The third-order valence-corrected chi connectivity index (χ3v) is 4.23. The van der Waals surface area contributed by atoms with Crippen molar-refractivity contribution in [2.45, 2.75) is 37.5 Å². The summed E-state index contributed by atoms with van der Waals surface area (Å²) in [4.78, 5) is 4.39. The smallest absolute Gasteiger partial charge is 0.137 e. The number of benzene rings is 1. The summed E-state index contributed by atoms with van der Waals surface area (Å²) in [6, 6.07) is 7.99. The Morgan fingerprint density at radius 3 is 3.05 bits per heavy atom. The van der Waals surface area contributed by atoms with Gasteiger partial charge in [-0.15, -0.1) is 0 Å². The summed E-state index contributed by atoms with van der Waals surface area (Å²) in [5.74, 6) is 0.717. The second kappa shape index (κ2) is 6.60. The van der Waals surface area contributed by atoms with Crippen molar-refractivity contribution >= 4 is 10.9 Å². The molecule has 1 aliphatic rings. The fourth-order valence-electron chi connectivity index (χ4n) is 2.93. The zero-order chi connectivity index (χ0) is 15.5. The molecule has 5 nitrogen and oxygen atoms in total. The number of nitrogens with zero attached hydrogens (tertiary/aromatic N) is 1. The van der Waals surface area contributed by atoms with Crippen molar-refractivity contribution < 1.29 is 14.6 Å². The summed E-state index contributed by atoms with van der Waals surface area (Å²) in [6.45, 7) is 0.520. The van der Waals surface area contributed by atoms with Gasteiger partial charge in [0.2, 0.25) is 0 Å². The summed E-state index contributed by atoms with van der Waals surface area (Å²) >= 11 is 0. The lowest BCUT2D eigenvalue weighted by atomic mass is 9.95. The van der Waals surface area contributed by atoms with Crippen LogP contribution in [0.4, 0.5) is 0 Å². The average molecular weight is 302 g/mol. The number of pyridine rings is 1. The molecule has 3 atom stereocenters. The van der Waals surface area contributed by atoms with Gasteiger partial charge >= 0.3 is 0 Å². The molecule has 0 radical (unpaired) electrons. The van der Waals surface area contributed by atoms with Crippen LogP contribution in [-0.4, -0.2) is 42.1 Å². The molecule has 5 heteroatoms. The van der Waals surface area contributed by atoms with Gasteiger partial charge in [0.25, 0.3) is 0 Å². The predicted octanol–water partition coefficient (Wildman–Crippen LogP) is 1.65. The predicted molar refractivity (Wildman–Crippen MR) is 85.0 cm³/mol. The molecule has 1 aliphatic heterocycles. The maximum absolute atomic E-state index is 10.5. The van der Waals surface area contributed by atoms with Crippen molar-refractivity contribution in [3.63, 3.8) is 0 Å². The number of methoxy groups -OCH3 is 1. The number of nitrogens with two attached hydrogens (primary N) is 1. The Labute approximate surface area is 130 Å². The molecule has 0 saturated carbocycles. The van der Waals surface area contributed by atoms with Crippen LogP contribution in [0.1, 0.15) is 18.4 Å². The van der Waals surface area contributed by atoms with Crippen LogP contribution < -0.4 is 10.5 Å². The van der Waals surface area contributed by atoms with E-state index in [1.54, 1.807) is 13.3 Å². The summed E-state index contributed by atoms with van der Waals surface area (Å²) in [6.07, 6.45) is 3.25. The fraction of sp³-hybridized carbons (Fsp3) is 0.471. The SMILES string of the molecule is COc1cnc2cccc(CC(O)[C@@H]3CC[C@@H](N)CO3)c2c1. The van der Waals surface area contributed by atoms with Gasteiger partial charge in [-0.25, -0.2) is 0 Å². The highest BCUT2D eigenvalue weighted by atomic mass is 16.5. The first-order valence-electron chi connectivity index (χ1n) is 7.64. The van der Waals surface area contributed by atoms with Gasteiger partial charge in [-0.2, -0.15) is 0 Å². The second-order valence-electron chi connectivity index (χ2n) is 5.84. The minimum atomic E-state index is -0.538. The molecule has 1 fully saturated rings. The monoisotopic (exact) mass is 302 g/mol. The Morgan fingerprint density at radius 1 is 1.45 bits per heavy atom. The zero-order valence-electron chi connectivity index (χ0n) is 12.7. The number of aliphatic hydroxyl groups excluding tert-OH is 1. The number of hydrogen-bond donors (Lipinski definition) is 2. The van der Waals surface area contributed by atoms with Crippen molar-refractivity contribution in [3.05, 3.63) is 36.0 Å². The lowest BCUT2D eigenvalue weighted by molar-refractivity contribution is -0.0671. The van der Waals surface area contributed by atoms with E-state index in [1.807, 2.05) is 24.3 Å². The largest absolute Gasteiger partial charge is 0.495 e. The lowest BCUT2D eigenvalue weighted by Gasteiger charge is -2.30. The maximum atomic E-state index is 10.5. The van der Waals surface area contributed by atoms with Gasteiger partial charge in [0.1, 0.15) is 5.75 Å². The summed E-state index contributed by atoms with van der Waals surface area (Å²) in [7, 11) is 1.62. The molecule has 3 rings (SSSR count). The molecule has 1 unspecified atom stereocenters. The van der Waals surface area contributed by atoms with Gasteiger partial charge < -0.3 is 20.3 Å². The van der Waals surface area contributed by atoms with E-state index in [-0.39, 0.29) is 12.1 Å². The second-order valence-corrected chi connectivity index (χ2v) is 5.84. The Balaban J connectivity index is 1.80. The van der Waals surface area contributed by atoms with Crippen molar-refractivity contribution in [1.29, 1.82) is 0 Å². The topological polar surface area (TPSA) is 77.6 Å². The van der Waals surface area contributed by atoms with Gasteiger partial charge in [-0.3, -0.25) is 4.98 Å². The van der Waals surface area contributed by atoms with Crippen LogP contribution in [0.3, 0.4) is 0 Å². The number of aromatic nitrogens is 1. The molecule has 2 heterocycles. The highest BCUT2D eigenvalue weighted by Gasteiger charge is 2.26. The number of rotatable bonds is 4. The van der Waals surface area contributed by atoms with E-state index in [9.17, 15) is 5.11 Å². The van der Waals surface area contributed by atoms with Crippen LogP contribution in [0.5, 0.6) is 5.75 Å². The Hall–Kier alpha value is -1.69. The van der Waals surface area contributed by atoms with Crippen molar-refractivity contribution in [2.24, 2.45) is 5.73 Å². The third-order valence-electron chi connectivity index (χ3n) is 4.23. The Bertz CT molecular complexity index is 639. The van der Waals surface area contributed by atoms with Crippen LogP contribution in [-0.2, 0) is 11.2 Å². The Morgan fingerprint density at radius 2 is 2.32 bits per heavy atom. The van der Waals surface area contributed by atoms with Crippen molar-refractivity contribution in [2.75, 3.05) is 13.7 Å². The van der Waals surface area contributed by atoms with E-state index in [1.165, 1.54) is 0 Å². The van der Waals surface area contributed by atoms with Gasteiger partial charge in [0, 0.05) is 17.8 Å². The van der Waals surface area contributed by atoms with Gasteiger partial charge in [-0.1, -0.05) is 12.1 Å². The molecule has 1 aromatic carbocycles.